The Morgan fingerprint density at radius 2 is 2.00 bits per heavy atom. The molecule has 0 radical (unpaired) electrons. The van der Waals surface area contributed by atoms with Gasteiger partial charge in [-0.15, -0.1) is 0 Å². The minimum Gasteiger partial charge on any atom is -0.493 e. The number of pyridine rings is 1. The second kappa shape index (κ2) is 8.35. The van der Waals surface area contributed by atoms with Crippen LogP contribution in [0.3, 0.4) is 0 Å². The standard InChI is InChI=1S/C20H22N4O3/c1-24-13-16(12-23-24)20-15(5-4-8-21-20)11-22-19(25)10-14-6-7-17(26-2)18(9-14)27-3/h4-9,12-13H,10-11H2,1-3H3,(H,22,25). The van der Waals surface area contributed by atoms with Crippen LogP contribution in [-0.2, 0) is 24.8 Å². The van der Waals surface area contributed by atoms with Crippen molar-refractivity contribution in [2.75, 3.05) is 14.2 Å². The van der Waals surface area contributed by atoms with Crippen LogP contribution in [0.25, 0.3) is 11.3 Å². The molecule has 0 saturated carbocycles. The van der Waals surface area contributed by atoms with E-state index in [4.69, 9.17) is 9.47 Å². The lowest BCUT2D eigenvalue weighted by atomic mass is 10.1. The van der Waals surface area contributed by atoms with Crippen molar-refractivity contribution in [2.45, 2.75) is 13.0 Å². The molecule has 0 saturated heterocycles. The number of carbonyl (C=O) groups is 1. The zero-order valence-electron chi connectivity index (χ0n) is 15.6. The van der Waals surface area contributed by atoms with Crippen molar-refractivity contribution in [3.05, 3.63) is 60.0 Å². The molecule has 0 atom stereocenters. The van der Waals surface area contributed by atoms with Gasteiger partial charge in [-0.2, -0.15) is 5.10 Å². The first-order valence-corrected chi connectivity index (χ1v) is 8.51. The lowest BCUT2D eigenvalue weighted by Gasteiger charge is -2.11. The van der Waals surface area contributed by atoms with Gasteiger partial charge in [-0.05, 0) is 29.3 Å². The summed E-state index contributed by atoms with van der Waals surface area (Å²) in [7, 11) is 5.01. The number of benzene rings is 1. The molecule has 1 N–H and O–H groups in total. The predicted octanol–water partition coefficient (Wildman–Crippen LogP) is 2.36. The maximum absolute atomic E-state index is 12.4. The molecule has 0 aliphatic rings. The second-order valence-electron chi connectivity index (χ2n) is 6.06. The zero-order valence-corrected chi connectivity index (χ0v) is 15.6. The molecule has 0 bridgehead atoms. The van der Waals surface area contributed by atoms with Gasteiger partial charge in [0.1, 0.15) is 0 Å². The fourth-order valence-corrected chi connectivity index (χ4v) is 2.82. The molecule has 2 heterocycles. The van der Waals surface area contributed by atoms with Crippen LogP contribution in [0.4, 0.5) is 0 Å². The summed E-state index contributed by atoms with van der Waals surface area (Å²) in [6, 6.07) is 9.26. The van der Waals surface area contributed by atoms with E-state index in [1.807, 2.05) is 37.5 Å². The molecule has 1 amide bonds. The van der Waals surface area contributed by atoms with Crippen molar-refractivity contribution >= 4 is 5.91 Å². The molecule has 0 unspecified atom stereocenters. The lowest BCUT2D eigenvalue weighted by Crippen LogP contribution is -2.25. The Labute approximate surface area is 158 Å². The van der Waals surface area contributed by atoms with Gasteiger partial charge in [0.05, 0.1) is 32.5 Å². The minimum absolute atomic E-state index is 0.0804. The first-order chi connectivity index (χ1) is 13.1. The van der Waals surface area contributed by atoms with E-state index in [9.17, 15) is 4.79 Å². The highest BCUT2D eigenvalue weighted by Gasteiger charge is 2.11. The van der Waals surface area contributed by atoms with Crippen molar-refractivity contribution in [3.63, 3.8) is 0 Å². The van der Waals surface area contributed by atoms with Gasteiger partial charge in [0.25, 0.3) is 0 Å². The van der Waals surface area contributed by atoms with Crippen LogP contribution >= 0.6 is 0 Å². The van der Waals surface area contributed by atoms with Crippen LogP contribution in [-0.4, -0.2) is 34.9 Å². The van der Waals surface area contributed by atoms with Gasteiger partial charge in [-0.1, -0.05) is 12.1 Å². The number of aromatic nitrogens is 3. The van der Waals surface area contributed by atoms with Gasteiger partial charge in [0, 0.05) is 31.5 Å². The smallest absolute Gasteiger partial charge is 0.224 e. The van der Waals surface area contributed by atoms with Crippen LogP contribution in [0.15, 0.2) is 48.9 Å². The monoisotopic (exact) mass is 366 g/mol. The fraction of sp³-hybridized carbons (Fsp3) is 0.250. The third-order valence-corrected chi connectivity index (χ3v) is 4.16. The Bertz CT molecular complexity index is 936. The molecule has 7 nitrogen and oxygen atoms in total. The Kier molecular flexibility index (Phi) is 5.71. The van der Waals surface area contributed by atoms with E-state index in [0.717, 1.165) is 22.4 Å². The Hall–Kier alpha value is -3.35. The van der Waals surface area contributed by atoms with Gasteiger partial charge in [0.2, 0.25) is 5.91 Å². The number of rotatable bonds is 7. The largest absolute Gasteiger partial charge is 0.493 e. The summed E-state index contributed by atoms with van der Waals surface area (Å²) in [5.41, 5.74) is 3.52. The summed E-state index contributed by atoms with van der Waals surface area (Å²) in [6.07, 6.45) is 5.65. The quantitative estimate of drug-likeness (QED) is 0.694. The van der Waals surface area contributed by atoms with Crippen LogP contribution in [0.2, 0.25) is 0 Å². The van der Waals surface area contributed by atoms with Crippen molar-refractivity contribution in [1.82, 2.24) is 20.1 Å². The molecule has 2 aromatic heterocycles. The number of amides is 1. The molecule has 0 fully saturated rings. The van der Waals surface area contributed by atoms with E-state index < -0.39 is 0 Å². The van der Waals surface area contributed by atoms with E-state index >= 15 is 0 Å². The molecule has 3 rings (SSSR count). The van der Waals surface area contributed by atoms with Crippen molar-refractivity contribution in [2.24, 2.45) is 7.05 Å². The third-order valence-electron chi connectivity index (χ3n) is 4.16. The summed E-state index contributed by atoms with van der Waals surface area (Å²) in [4.78, 5) is 16.8. The van der Waals surface area contributed by atoms with Gasteiger partial charge in [0.15, 0.2) is 11.5 Å². The summed E-state index contributed by atoms with van der Waals surface area (Å²) >= 11 is 0. The predicted molar refractivity (Wildman–Crippen MR) is 102 cm³/mol. The summed E-state index contributed by atoms with van der Waals surface area (Å²) in [5, 5.41) is 7.14. The van der Waals surface area contributed by atoms with Crippen molar-refractivity contribution in [3.8, 4) is 22.8 Å². The second-order valence-corrected chi connectivity index (χ2v) is 6.06. The average molecular weight is 366 g/mol. The molecule has 3 aromatic rings. The minimum atomic E-state index is -0.0804. The molecule has 27 heavy (non-hydrogen) atoms. The Morgan fingerprint density at radius 1 is 1.19 bits per heavy atom. The maximum atomic E-state index is 12.4. The normalized spacial score (nSPS) is 10.5. The molecule has 0 aliphatic heterocycles. The molecular weight excluding hydrogens is 344 g/mol. The first kappa shape index (κ1) is 18.4. The maximum Gasteiger partial charge on any atom is 0.224 e. The summed E-state index contributed by atoms with van der Waals surface area (Å²) < 4.78 is 12.2. The Balaban J connectivity index is 1.67. The van der Waals surface area contributed by atoms with E-state index in [-0.39, 0.29) is 12.3 Å². The number of aryl methyl sites for hydroxylation is 1. The van der Waals surface area contributed by atoms with E-state index in [0.29, 0.717) is 18.0 Å². The van der Waals surface area contributed by atoms with Gasteiger partial charge >= 0.3 is 0 Å². The number of hydrogen-bond acceptors (Lipinski definition) is 5. The highest BCUT2D eigenvalue weighted by Crippen LogP contribution is 2.27. The molecule has 1 aromatic carbocycles. The highest BCUT2D eigenvalue weighted by molar-refractivity contribution is 5.79. The first-order valence-electron chi connectivity index (χ1n) is 8.51. The SMILES string of the molecule is COc1ccc(CC(=O)NCc2cccnc2-c2cnn(C)c2)cc1OC. The zero-order chi connectivity index (χ0) is 19.2. The van der Waals surface area contributed by atoms with Crippen molar-refractivity contribution in [1.29, 1.82) is 0 Å². The third kappa shape index (κ3) is 4.44. The van der Waals surface area contributed by atoms with Crippen LogP contribution < -0.4 is 14.8 Å². The fourth-order valence-electron chi connectivity index (χ4n) is 2.82. The van der Waals surface area contributed by atoms with Gasteiger partial charge in [-0.3, -0.25) is 14.5 Å². The van der Waals surface area contributed by atoms with E-state index in [1.165, 1.54) is 0 Å². The molecule has 140 valence electrons. The van der Waals surface area contributed by atoms with Crippen molar-refractivity contribution < 1.29 is 14.3 Å². The number of nitrogens with zero attached hydrogens (tertiary/aromatic N) is 3. The summed E-state index contributed by atoms with van der Waals surface area (Å²) in [5.74, 6) is 1.16. The number of nitrogens with one attached hydrogen (secondary N) is 1. The van der Waals surface area contributed by atoms with Crippen LogP contribution in [0.5, 0.6) is 11.5 Å². The average Bonchev–Trinajstić information content (AvgIpc) is 3.12. The van der Waals surface area contributed by atoms with E-state index in [2.05, 4.69) is 15.4 Å². The van der Waals surface area contributed by atoms with E-state index in [1.54, 1.807) is 37.4 Å². The summed E-state index contributed by atoms with van der Waals surface area (Å²) in [6.45, 7) is 0.393. The number of methoxy groups -OCH3 is 2. The number of ether oxygens (including phenoxy) is 2. The lowest BCUT2D eigenvalue weighted by molar-refractivity contribution is -0.120. The topological polar surface area (TPSA) is 78.3 Å². The van der Waals surface area contributed by atoms with Crippen LogP contribution in [0.1, 0.15) is 11.1 Å². The molecule has 0 spiro atoms. The van der Waals surface area contributed by atoms with Gasteiger partial charge < -0.3 is 14.8 Å². The highest BCUT2D eigenvalue weighted by atomic mass is 16.5. The van der Waals surface area contributed by atoms with Crippen LogP contribution in [0, 0.1) is 0 Å². The molecule has 7 heteroatoms. The Morgan fingerprint density at radius 3 is 2.70 bits per heavy atom. The van der Waals surface area contributed by atoms with Gasteiger partial charge in [-0.25, -0.2) is 0 Å². The molecular formula is C20H22N4O3. The molecule has 0 aliphatic carbocycles. The number of hydrogen-bond donors (Lipinski definition) is 1. The number of carbonyl (C=O) groups excluding carboxylic acids is 1.